The lowest BCUT2D eigenvalue weighted by Crippen LogP contribution is -2.12. The molecule has 0 spiro atoms. The van der Waals surface area contributed by atoms with Gasteiger partial charge in [0.25, 0.3) is 5.91 Å². The van der Waals surface area contributed by atoms with E-state index in [4.69, 9.17) is 32.1 Å². The molecular weight excluding hydrogens is 256 g/mol. The Kier molecular flexibility index (Phi) is 4.58. The van der Waals surface area contributed by atoms with Gasteiger partial charge in [-0.25, -0.2) is 0 Å². The highest BCUT2D eigenvalue weighted by Crippen LogP contribution is 2.38. The van der Waals surface area contributed by atoms with Crippen molar-refractivity contribution in [3.63, 3.8) is 0 Å². The topological polar surface area (TPSA) is 85.3 Å². The molecule has 0 unspecified atom stereocenters. The number of halogens is 1. The first-order chi connectivity index (χ1) is 8.54. The van der Waals surface area contributed by atoms with Gasteiger partial charge in [-0.3, -0.25) is 4.79 Å². The molecule has 0 radical (unpaired) electrons. The molecule has 5 nitrogen and oxygen atoms in total. The van der Waals surface area contributed by atoms with Crippen molar-refractivity contribution in [2.75, 3.05) is 14.2 Å². The molecule has 2 N–H and O–H groups in total. The first-order valence-corrected chi connectivity index (χ1v) is 5.25. The lowest BCUT2D eigenvalue weighted by atomic mass is 10.1. The fourth-order valence-corrected chi connectivity index (χ4v) is 1.62. The van der Waals surface area contributed by atoms with E-state index in [0.29, 0.717) is 17.1 Å². The SMILES string of the molecule is COc1ccc(C=C(C#N)C(N)=O)c(Cl)c1OC. The van der Waals surface area contributed by atoms with Crippen LogP contribution in [0.1, 0.15) is 5.56 Å². The van der Waals surface area contributed by atoms with E-state index in [1.165, 1.54) is 20.3 Å². The highest BCUT2D eigenvalue weighted by atomic mass is 35.5. The number of ether oxygens (including phenoxy) is 2. The predicted octanol–water partition coefficient (Wildman–Crippen LogP) is 1.75. The number of primary amides is 1. The van der Waals surface area contributed by atoms with E-state index >= 15 is 0 Å². The molecule has 0 aromatic heterocycles. The maximum atomic E-state index is 11.0. The molecule has 0 aliphatic heterocycles. The van der Waals surface area contributed by atoms with E-state index in [1.807, 2.05) is 0 Å². The molecule has 94 valence electrons. The largest absolute Gasteiger partial charge is 0.493 e. The zero-order valence-corrected chi connectivity index (χ0v) is 10.6. The fourth-order valence-electron chi connectivity index (χ4n) is 1.33. The van der Waals surface area contributed by atoms with Gasteiger partial charge in [0, 0.05) is 0 Å². The maximum absolute atomic E-state index is 11.0. The quantitative estimate of drug-likeness (QED) is 0.664. The molecule has 0 heterocycles. The number of nitriles is 1. The summed E-state index contributed by atoms with van der Waals surface area (Å²) in [5, 5.41) is 9.00. The van der Waals surface area contributed by atoms with Crippen molar-refractivity contribution < 1.29 is 14.3 Å². The van der Waals surface area contributed by atoms with Crippen molar-refractivity contribution in [2.45, 2.75) is 0 Å². The van der Waals surface area contributed by atoms with Crippen molar-refractivity contribution in [1.82, 2.24) is 0 Å². The van der Waals surface area contributed by atoms with Gasteiger partial charge in [-0.05, 0) is 23.8 Å². The van der Waals surface area contributed by atoms with Crippen LogP contribution in [0, 0.1) is 11.3 Å². The lowest BCUT2D eigenvalue weighted by Gasteiger charge is -2.10. The molecule has 0 bridgehead atoms. The van der Waals surface area contributed by atoms with Crippen molar-refractivity contribution in [3.8, 4) is 17.6 Å². The van der Waals surface area contributed by atoms with Crippen molar-refractivity contribution >= 4 is 23.6 Å². The minimum Gasteiger partial charge on any atom is -0.493 e. The summed E-state index contributed by atoms with van der Waals surface area (Å²) in [5.74, 6) is -0.0322. The molecule has 18 heavy (non-hydrogen) atoms. The van der Waals surface area contributed by atoms with Gasteiger partial charge in [0.2, 0.25) is 0 Å². The summed E-state index contributed by atoms with van der Waals surface area (Å²) in [6.45, 7) is 0. The number of hydrogen-bond acceptors (Lipinski definition) is 4. The Balaban J connectivity index is 3.37. The molecule has 0 saturated heterocycles. The molecule has 0 saturated carbocycles. The number of hydrogen-bond donors (Lipinski definition) is 1. The van der Waals surface area contributed by atoms with E-state index in [9.17, 15) is 4.79 Å². The summed E-state index contributed by atoms with van der Waals surface area (Å²) in [4.78, 5) is 11.0. The van der Waals surface area contributed by atoms with Gasteiger partial charge in [-0.2, -0.15) is 5.26 Å². The second-order valence-corrected chi connectivity index (χ2v) is 3.62. The van der Waals surface area contributed by atoms with Gasteiger partial charge in [-0.15, -0.1) is 0 Å². The molecule has 0 aliphatic rings. The minimum absolute atomic E-state index is 0.191. The number of nitrogens with two attached hydrogens (primary N) is 1. The standard InChI is InChI=1S/C12H11ClN2O3/c1-17-9-4-3-7(10(13)11(9)18-2)5-8(6-14)12(15)16/h3-5H,1-2H3,(H2,15,16). The summed E-state index contributed by atoms with van der Waals surface area (Å²) in [6, 6.07) is 4.92. The smallest absolute Gasteiger partial charge is 0.259 e. The van der Waals surface area contributed by atoms with Gasteiger partial charge in [0.05, 0.1) is 19.2 Å². The zero-order valence-electron chi connectivity index (χ0n) is 9.86. The van der Waals surface area contributed by atoms with Crippen LogP contribution in [0.3, 0.4) is 0 Å². The van der Waals surface area contributed by atoms with Crippen molar-refractivity contribution in [1.29, 1.82) is 5.26 Å². The lowest BCUT2D eigenvalue weighted by molar-refractivity contribution is -0.114. The van der Waals surface area contributed by atoms with Crippen LogP contribution < -0.4 is 15.2 Å². The van der Waals surface area contributed by atoms with Gasteiger partial charge >= 0.3 is 0 Å². The molecule has 1 rings (SSSR count). The van der Waals surface area contributed by atoms with Crippen LogP contribution in [0.25, 0.3) is 6.08 Å². The Morgan fingerprint density at radius 2 is 2.11 bits per heavy atom. The third kappa shape index (κ3) is 2.73. The molecule has 1 aromatic rings. The number of carbonyl (C=O) groups excluding carboxylic acids is 1. The molecule has 6 heteroatoms. The van der Waals surface area contributed by atoms with Crippen LogP contribution in [-0.2, 0) is 4.79 Å². The van der Waals surface area contributed by atoms with Crippen LogP contribution in [-0.4, -0.2) is 20.1 Å². The van der Waals surface area contributed by atoms with E-state index < -0.39 is 5.91 Å². The third-order valence-corrected chi connectivity index (χ3v) is 2.59. The van der Waals surface area contributed by atoms with Crippen molar-refractivity contribution in [2.24, 2.45) is 5.73 Å². The van der Waals surface area contributed by atoms with Gasteiger partial charge < -0.3 is 15.2 Å². The van der Waals surface area contributed by atoms with Gasteiger partial charge in [0.1, 0.15) is 11.6 Å². The van der Waals surface area contributed by atoms with Crippen LogP contribution in [0.4, 0.5) is 0 Å². The van der Waals surface area contributed by atoms with Gasteiger partial charge in [0.15, 0.2) is 11.5 Å². The van der Waals surface area contributed by atoms with Crippen LogP contribution in [0.15, 0.2) is 17.7 Å². The Bertz CT molecular complexity index is 547. The molecule has 1 aromatic carbocycles. The van der Waals surface area contributed by atoms with Crippen LogP contribution in [0.5, 0.6) is 11.5 Å². The molecule has 0 aliphatic carbocycles. The number of methoxy groups -OCH3 is 2. The van der Waals surface area contributed by atoms with Crippen LogP contribution in [0.2, 0.25) is 5.02 Å². The number of rotatable bonds is 4. The normalized spacial score (nSPS) is 10.7. The van der Waals surface area contributed by atoms with Crippen LogP contribution >= 0.6 is 11.6 Å². The second kappa shape index (κ2) is 5.94. The van der Waals surface area contributed by atoms with E-state index in [1.54, 1.807) is 18.2 Å². The number of carbonyl (C=O) groups is 1. The average molecular weight is 267 g/mol. The number of benzene rings is 1. The summed E-state index contributed by atoms with van der Waals surface area (Å²) in [5.41, 5.74) is 5.30. The monoisotopic (exact) mass is 266 g/mol. The second-order valence-electron chi connectivity index (χ2n) is 3.24. The molecular formula is C12H11ClN2O3. The van der Waals surface area contributed by atoms with E-state index in [2.05, 4.69) is 0 Å². The summed E-state index contributed by atoms with van der Waals surface area (Å²) >= 11 is 6.09. The first kappa shape index (κ1) is 13.9. The molecule has 0 atom stereocenters. The minimum atomic E-state index is -0.816. The zero-order chi connectivity index (χ0) is 13.7. The summed E-state index contributed by atoms with van der Waals surface area (Å²) in [7, 11) is 2.92. The maximum Gasteiger partial charge on any atom is 0.259 e. The van der Waals surface area contributed by atoms with Gasteiger partial charge in [-0.1, -0.05) is 11.6 Å². The Hall–Kier alpha value is -2.19. The highest BCUT2D eigenvalue weighted by Gasteiger charge is 2.13. The first-order valence-electron chi connectivity index (χ1n) is 4.87. The Morgan fingerprint density at radius 1 is 1.44 bits per heavy atom. The molecule has 1 amide bonds. The Labute approximate surface area is 109 Å². The molecule has 0 fully saturated rings. The average Bonchev–Trinajstić information content (AvgIpc) is 2.36. The predicted molar refractivity (Wildman–Crippen MR) is 67.3 cm³/mol. The number of amides is 1. The van der Waals surface area contributed by atoms with Crippen molar-refractivity contribution in [3.05, 3.63) is 28.3 Å². The summed E-state index contributed by atoms with van der Waals surface area (Å²) in [6.07, 6.45) is 1.30. The van der Waals surface area contributed by atoms with E-state index in [-0.39, 0.29) is 10.6 Å². The Morgan fingerprint density at radius 3 is 2.56 bits per heavy atom. The highest BCUT2D eigenvalue weighted by molar-refractivity contribution is 6.34. The fraction of sp³-hybridized carbons (Fsp3) is 0.167. The van der Waals surface area contributed by atoms with E-state index in [0.717, 1.165) is 0 Å². The number of nitrogens with zero attached hydrogens (tertiary/aromatic N) is 1. The summed E-state index contributed by atoms with van der Waals surface area (Å²) < 4.78 is 10.2. The third-order valence-electron chi connectivity index (χ3n) is 2.20.